The van der Waals surface area contributed by atoms with Crippen LogP contribution in [-0.2, 0) is 9.53 Å². The van der Waals surface area contributed by atoms with Gasteiger partial charge in [0.25, 0.3) is 0 Å². The minimum Gasteiger partial charge on any atom is -0.379 e. The second kappa shape index (κ2) is 12.4. The largest absolute Gasteiger partial charge is 0.379 e. The van der Waals surface area contributed by atoms with Crippen molar-refractivity contribution in [1.29, 1.82) is 0 Å². The molecule has 120 valence electrons. The molecule has 0 aliphatic rings. The first-order valence-electron chi connectivity index (χ1n) is 7.87. The van der Waals surface area contributed by atoms with Gasteiger partial charge in [0.05, 0.1) is 6.10 Å². The number of amides is 1. The van der Waals surface area contributed by atoms with E-state index in [0.717, 1.165) is 32.3 Å². The van der Waals surface area contributed by atoms with E-state index in [1.54, 1.807) is 0 Å². The number of hydrogen-bond donors (Lipinski definition) is 1. The predicted molar refractivity (Wildman–Crippen MR) is 90.2 cm³/mol. The van der Waals surface area contributed by atoms with Crippen LogP contribution in [-0.4, -0.2) is 25.7 Å². The van der Waals surface area contributed by atoms with Gasteiger partial charge in [0.1, 0.15) is 0 Å². The Kier molecular flexibility index (Phi) is 11.6. The van der Waals surface area contributed by atoms with Gasteiger partial charge in [-0.2, -0.15) is 0 Å². The maximum atomic E-state index is 10.5. The Morgan fingerprint density at radius 2 is 2.05 bits per heavy atom. The van der Waals surface area contributed by atoms with Crippen molar-refractivity contribution in [1.82, 2.24) is 5.32 Å². The Morgan fingerprint density at radius 1 is 1.33 bits per heavy atom. The highest BCUT2D eigenvalue weighted by molar-refractivity contribution is 5.45. The van der Waals surface area contributed by atoms with E-state index in [4.69, 9.17) is 4.74 Å². The summed E-state index contributed by atoms with van der Waals surface area (Å²) in [5, 5.41) is 2.76. The van der Waals surface area contributed by atoms with E-state index in [1.165, 1.54) is 11.1 Å². The molecule has 1 unspecified atom stereocenters. The zero-order valence-electron chi connectivity index (χ0n) is 14.0. The van der Waals surface area contributed by atoms with Crippen molar-refractivity contribution in [2.24, 2.45) is 5.92 Å². The van der Waals surface area contributed by atoms with Crippen LogP contribution in [0.1, 0.15) is 47.0 Å². The van der Waals surface area contributed by atoms with Gasteiger partial charge in [0.2, 0.25) is 6.41 Å². The third-order valence-corrected chi connectivity index (χ3v) is 3.48. The van der Waals surface area contributed by atoms with Gasteiger partial charge >= 0.3 is 0 Å². The highest BCUT2D eigenvalue weighted by Crippen LogP contribution is 2.28. The molecule has 0 saturated heterocycles. The first-order chi connectivity index (χ1) is 10.1. The van der Waals surface area contributed by atoms with Crippen molar-refractivity contribution in [2.45, 2.75) is 53.1 Å². The number of carbonyl (C=O) groups excluding carboxylic acids is 1. The summed E-state index contributed by atoms with van der Waals surface area (Å²) in [6.45, 7) is 13.6. The Morgan fingerprint density at radius 3 is 2.52 bits per heavy atom. The maximum absolute atomic E-state index is 10.5. The fourth-order valence-corrected chi connectivity index (χ4v) is 2.43. The third-order valence-electron chi connectivity index (χ3n) is 3.48. The van der Waals surface area contributed by atoms with Crippen molar-refractivity contribution < 1.29 is 9.53 Å². The van der Waals surface area contributed by atoms with E-state index in [9.17, 15) is 4.79 Å². The summed E-state index contributed by atoms with van der Waals surface area (Å²) >= 11 is 0. The Hall–Kier alpha value is -1.35. The maximum Gasteiger partial charge on any atom is 0.207 e. The zero-order chi connectivity index (χ0) is 16.1. The van der Waals surface area contributed by atoms with Crippen molar-refractivity contribution in [2.75, 3.05) is 13.2 Å². The molecular weight excluding hydrogens is 262 g/mol. The van der Waals surface area contributed by atoms with Gasteiger partial charge in [-0.3, -0.25) is 4.79 Å². The lowest BCUT2D eigenvalue weighted by molar-refractivity contribution is -0.109. The van der Waals surface area contributed by atoms with Crippen molar-refractivity contribution in [3.8, 4) is 0 Å². The smallest absolute Gasteiger partial charge is 0.207 e. The lowest BCUT2D eigenvalue weighted by Gasteiger charge is -2.23. The summed E-state index contributed by atoms with van der Waals surface area (Å²) in [6, 6.07) is 0. The summed E-state index contributed by atoms with van der Waals surface area (Å²) in [7, 11) is 0. The van der Waals surface area contributed by atoms with Crippen LogP contribution in [0.15, 0.2) is 36.0 Å². The molecule has 0 heterocycles. The van der Waals surface area contributed by atoms with Gasteiger partial charge in [0, 0.05) is 13.2 Å². The van der Waals surface area contributed by atoms with Gasteiger partial charge in [-0.15, -0.1) is 0 Å². The summed E-state index contributed by atoms with van der Waals surface area (Å²) in [4.78, 5) is 10.5. The summed E-state index contributed by atoms with van der Waals surface area (Å²) < 4.78 is 5.69. The van der Waals surface area contributed by atoms with Crippen LogP contribution < -0.4 is 5.32 Å². The van der Waals surface area contributed by atoms with E-state index >= 15 is 0 Å². The molecule has 3 nitrogen and oxygen atoms in total. The first kappa shape index (κ1) is 19.7. The van der Waals surface area contributed by atoms with E-state index in [0.29, 0.717) is 12.5 Å². The minimum atomic E-state index is 0.248. The van der Waals surface area contributed by atoms with Crippen LogP contribution in [0.5, 0.6) is 0 Å². The molecule has 0 radical (unpaired) electrons. The Labute approximate surface area is 130 Å². The van der Waals surface area contributed by atoms with E-state index in [-0.39, 0.29) is 6.10 Å². The van der Waals surface area contributed by atoms with Gasteiger partial charge in [-0.05, 0) is 57.1 Å². The standard InChI is InChI=1S/C18H31NO2/c1-6-9-18(16(7-2)8-3)17(10-12-19-14-20)11-13-21-15(4)5/h6-7,9,14-15,17H,1,8,10-13H2,2-5H3,(H,19,20)/b16-7-,18-9+. The number of carbonyl (C=O) groups is 1. The third kappa shape index (κ3) is 8.51. The van der Waals surface area contributed by atoms with Crippen LogP contribution in [0.4, 0.5) is 0 Å². The average Bonchev–Trinajstić information content (AvgIpc) is 2.46. The Bertz CT molecular complexity index is 356. The van der Waals surface area contributed by atoms with Crippen molar-refractivity contribution in [3.05, 3.63) is 36.0 Å². The fourth-order valence-electron chi connectivity index (χ4n) is 2.43. The number of hydrogen-bond acceptors (Lipinski definition) is 2. The number of rotatable bonds is 12. The van der Waals surface area contributed by atoms with Crippen LogP contribution in [0.25, 0.3) is 0 Å². The zero-order valence-corrected chi connectivity index (χ0v) is 14.0. The second-order valence-electron chi connectivity index (χ2n) is 5.29. The van der Waals surface area contributed by atoms with Crippen LogP contribution in [0.2, 0.25) is 0 Å². The fraction of sp³-hybridized carbons (Fsp3) is 0.611. The molecule has 0 aromatic rings. The first-order valence-corrected chi connectivity index (χ1v) is 7.87. The molecule has 21 heavy (non-hydrogen) atoms. The van der Waals surface area contributed by atoms with Crippen LogP contribution >= 0.6 is 0 Å². The van der Waals surface area contributed by atoms with Gasteiger partial charge in [-0.25, -0.2) is 0 Å². The van der Waals surface area contributed by atoms with Crippen molar-refractivity contribution >= 4 is 6.41 Å². The van der Waals surface area contributed by atoms with Crippen LogP contribution in [0.3, 0.4) is 0 Å². The topological polar surface area (TPSA) is 38.3 Å². The number of allylic oxidation sites excluding steroid dienone is 5. The highest BCUT2D eigenvalue weighted by Gasteiger charge is 2.16. The molecule has 1 atom stereocenters. The molecule has 0 aromatic carbocycles. The quantitative estimate of drug-likeness (QED) is 0.335. The molecular formula is C18H31NO2. The minimum absolute atomic E-state index is 0.248. The molecule has 0 saturated carbocycles. The highest BCUT2D eigenvalue weighted by atomic mass is 16.5. The molecule has 3 heteroatoms. The molecule has 0 aliphatic carbocycles. The molecule has 0 fully saturated rings. The molecule has 0 rings (SSSR count). The van der Waals surface area contributed by atoms with Gasteiger partial charge in [-0.1, -0.05) is 31.7 Å². The predicted octanol–water partition coefficient (Wildman–Crippen LogP) is 4.02. The summed E-state index contributed by atoms with van der Waals surface area (Å²) in [5.41, 5.74) is 2.66. The number of nitrogens with one attached hydrogen (secondary N) is 1. The van der Waals surface area contributed by atoms with Gasteiger partial charge < -0.3 is 10.1 Å². The monoisotopic (exact) mass is 293 g/mol. The van der Waals surface area contributed by atoms with Gasteiger partial charge in [0.15, 0.2) is 0 Å². The summed E-state index contributed by atoms with van der Waals surface area (Å²) in [5.74, 6) is 0.375. The van der Waals surface area contributed by atoms with E-state index < -0.39 is 0 Å². The lowest BCUT2D eigenvalue weighted by atomic mass is 9.85. The van der Waals surface area contributed by atoms with E-state index in [1.807, 2.05) is 19.9 Å². The molecule has 1 N–H and O–H groups in total. The normalized spacial score (nSPS) is 14.1. The number of ether oxygens (including phenoxy) is 1. The summed E-state index contributed by atoms with van der Waals surface area (Å²) in [6.07, 6.45) is 9.98. The Balaban J connectivity index is 4.95. The SMILES string of the molecule is C=C/C=C(\C(=C/C)CC)C(CCNC=O)CCOC(C)C. The molecule has 1 amide bonds. The second-order valence-corrected chi connectivity index (χ2v) is 5.29. The van der Waals surface area contributed by atoms with Crippen molar-refractivity contribution in [3.63, 3.8) is 0 Å². The van der Waals surface area contributed by atoms with E-state index in [2.05, 4.69) is 37.9 Å². The molecule has 0 aliphatic heterocycles. The average molecular weight is 293 g/mol. The molecule has 0 aromatic heterocycles. The molecule has 0 bridgehead atoms. The van der Waals surface area contributed by atoms with Crippen LogP contribution in [0, 0.1) is 5.92 Å². The molecule has 0 spiro atoms. The lowest BCUT2D eigenvalue weighted by Crippen LogP contribution is -2.20.